The van der Waals surface area contributed by atoms with E-state index in [2.05, 4.69) is 234 Å². The summed E-state index contributed by atoms with van der Waals surface area (Å²) in [5, 5.41) is 37.7. The first-order valence-corrected chi connectivity index (χ1v) is 50.4. The molecule has 1 heterocycles. The van der Waals surface area contributed by atoms with Gasteiger partial charge in [0.05, 0.1) is 41.7 Å². The number of nitrogens with zero attached hydrogens (tertiary/aromatic N) is 1. The second kappa shape index (κ2) is 51.8. The highest BCUT2D eigenvalue weighted by Gasteiger charge is 2.40. The van der Waals surface area contributed by atoms with Crippen molar-refractivity contribution in [2.45, 2.75) is 391 Å². The molecule has 0 spiro atoms. The zero-order chi connectivity index (χ0) is 99.6. The molecule has 25 heteroatoms. The minimum Gasteiger partial charge on any atom is -0.444 e. The van der Waals surface area contributed by atoms with E-state index in [1.165, 1.54) is 143 Å². The normalized spacial score (nSPS) is 17.9. The van der Waals surface area contributed by atoms with E-state index >= 15 is 0 Å². The molecule has 12 rings (SSSR count). The van der Waals surface area contributed by atoms with Crippen LogP contribution in [0, 0.1) is 38.5 Å². The van der Waals surface area contributed by atoms with E-state index in [4.69, 9.17) is 19.9 Å². The number of epoxide rings is 1. The van der Waals surface area contributed by atoms with Gasteiger partial charge < -0.3 is 56.7 Å². The highest BCUT2D eigenvalue weighted by atomic mass is 127. The van der Waals surface area contributed by atoms with E-state index in [0.717, 1.165) is 95.2 Å². The third kappa shape index (κ3) is 40.8. The Morgan fingerprint density at radius 3 is 1.05 bits per heavy atom. The van der Waals surface area contributed by atoms with Gasteiger partial charge in [-0.15, -0.1) is 12.4 Å². The molecular weight excluding hydrogens is 1870 g/mol. The maximum Gasteiger partial charge on any atom is 0.407 e. The minimum absolute atomic E-state index is 0. The molecule has 5 fully saturated rings. The van der Waals surface area contributed by atoms with Crippen LogP contribution in [0.1, 0.15) is 336 Å². The molecule has 7 atom stereocenters. The Morgan fingerprint density at radius 2 is 0.741 bits per heavy atom. The molecule has 1 unspecified atom stereocenters. The van der Waals surface area contributed by atoms with Gasteiger partial charge in [-0.1, -0.05) is 232 Å². The molecule has 0 radical (unpaired) electrons. The number of benzene rings is 7. The van der Waals surface area contributed by atoms with Crippen LogP contribution in [0.15, 0.2) is 156 Å². The number of halogens is 8. The summed E-state index contributed by atoms with van der Waals surface area (Å²) in [5.74, 6) is -4.35. The van der Waals surface area contributed by atoms with Gasteiger partial charge in [-0.3, -0.25) is 4.79 Å². The maximum absolute atomic E-state index is 13.9. The van der Waals surface area contributed by atoms with Gasteiger partial charge in [-0.2, -0.15) is 4.40 Å². The molecule has 1 aliphatic heterocycles. The van der Waals surface area contributed by atoms with E-state index in [1.54, 1.807) is 41.5 Å². The van der Waals surface area contributed by atoms with E-state index < -0.39 is 93.6 Å². The number of hydrogen-bond acceptors (Lipinski definition) is 12. The molecule has 9 N–H and O–H groups in total. The monoisotopic (exact) mass is 2030 g/mol. The summed E-state index contributed by atoms with van der Waals surface area (Å²) in [7, 11) is -1.05. The Hall–Kier alpha value is -7.27. The molecule has 0 aromatic heterocycles. The van der Waals surface area contributed by atoms with Gasteiger partial charge in [0.1, 0.15) is 63.2 Å². The van der Waals surface area contributed by atoms with Crippen LogP contribution in [0.25, 0.3) is 0 Å². The number of ether oxygens (including phenoxy) is 3. The molecule has 135 heavy (non-hydrogen) atoms. The summed E-state index contributed by atoms with van der Waals surface area (Å²) in [5.41, 5.74) is 16.6. The largest absolute Gasteiger partial charge is 0.444 e. The first-order chi connectivity index (χ1) is 62.3. The third-order valence-corrected chi connectivity index (χ3v) is 27.1. The lowest BCUT2D eigenvalue weighted by Gasteiger charge is -2.40. The van der Waals surface area contributed by atoms with Gasteiger partial charge in [-0.25, -0.2) is 40.1 Å². The number of hydrogen-bond donors (Lipinski definition) is 8. The van der Waals surface area contributed by atoms with Crippen molar-refractivity contribution in [2.24, 2.45) is 10.1 Å². The van der Waals surface area contributed by atoms with Crippen molar-refractivity contribution in [3.8, 4) is 0 Å². The lowest BCUT2D eigenvalue weighted by atomic mass is 9.75. The van der Waals surface area contributed by atoms with Gasteiger partial charge in [-0.05, 0) is 294 Å². The van der Waals surface area contributed by atoms with Crippen LogP contribution in [-0.4, -0.2) is 110 Å². The fourth-order valence-electron chi connectivity index (χ4n) is 17.2. The number of carbonyl (C=O) groups excluding carboxylic acids is 3. The fourth-order valence-corrected chi connectivity index (χ4v) is 18.2. The number of aliphatic hydroxyl groups is 2. The number of nitrogens with two attached hydrogens (primary N) is 1. The molecular formula is C110H159ClF6IN7O9S. The second-order valence-electron chi connectivity index (χ2n) is 44.3. The third-order valence-electron chi connectivity index (χ3n) is 24.9. The van der Waals surface area contributed by atoms with Crippen LogP contribution in [0.4, 0.5) is 35.9 Å². The maximum atomic E-state index is 13.9. The molecule has 7 aromatic rings. The predicted molar refractivity (Wildman–Crippen MR) is 549 cm³/mol. The van der Waals surface area contributed by atoms with Crippen LogP contribution in [0.2, 0.25) is 0 Å². The Balaban J connectivity index is 0.000000262. The van der Waals surface area contributed by atoms with Crippen molar-refractivity contribution in [1.29, 1.82) is 0 Å². The minimum atomic E-state index is -1.05. The number of carbonyl (C=O) groups is 3. The molecule has 5 aliphatic rings. The Labute approximate surface area is 826 Å². The molecule has 4 aliphatic carbocycles. The lowest BCUT2D eigenvalue weighted by Crippen LogP contribution is -2.53. The van der Waals surface area contributed by atoms with Gasteiger partial charge in [0.2, 0.25) is 5.91 Å². The highest BCUT2D eigenvalue weighted by Crippen LogP contribution is 2.42. The van der Waals surface area contributed by atoms with E-state index in [0.29, 0.717) is 23.3 Å². The summed E-state index contributed by atoms with van der Waals surface area (Å²) in [6.45, 7) is 45.4. The van der Waals surface area contributed by atoms with Crippen LogP contribution in [0.5, 0.6) is 0 Å². The van der Waals surface area contributed by atoms with Crippen LogP contribution in [0.3, 0.4) is 0 Å². The van der Waals surface area contributed by atoms with Crippen molar-refractivity contribution in [3.63, 3.8) is 0 Å². The van der Waals surface area contributed by atoms with Gasteiger partial charge in [0.15, 0.2) is 0 Å². The zero-order valence-electron chi connectivity index (χ0n) is 84.5. The fraction of sp³-hybridized carbons (Fsp3) is 0.582. The molecule has 7 aromatic carbocycles. The van der Waals surface area contributed by atoms with E-state index in [9.17, 15) is 55.1 Å². The van der Waals surface area contributed by atoms with Crippen LogP contribution < -0.4 is 32.3 Å². The first kappa shape index (κ1) is 116. The standard InChI is InChI=1S/C31H44F2N2O3.C28H38F2N2O2.C16H25N.C15H19F2NO3.C10H13I.C10H19NOS.ClH/c1-29(2,3)22-10-12-23(13-11-22)31(14-8-7-9-15-31)34-20-27(36)26(35-28(37)38-30(4,5)6)18-21-16-24(32)19-25(33)17-21;1-19(33)32-25(16-20-14-23(29)17-24(30)15-20)26(34)18-31-28(12-6-5-7-13-28)22-10-8-21(9-11-22)27(2,3)4;1-15(2,3)13-7-9-14(10-8-13)16(17)11-5-4-6-12-16;1-15(2,3)21-14(19)18-12(13-8-20-13)6-9-4-10(16)7-11(17)5-9;1-10(2,3)8-4-6-9(11)7-5-8;1-10(2,3)13(12)11-9-7-5-4-6-8-9;/h10-13,16-17,19,26-27,34,36H,7-9,14-15,18,20H2,1-6H3,(H,35,37);8-11,14-15,17,25-26,31,34H,5-7,12-13,16,18H2,1-4H3,(H,32,33);7-10H,4-6,11-12,17H2,1-3H3;4-5,7,12-13H,6,8H2,1-3H3,(H,18,19);4-7H,1-3H3;4-8H2,1-3H3;1H/t26-,27+;25-,26+;;12-,13-;;;/m00.0.../s1. The van der Waals surface area contributed by atoms with Crippen molar-refractivity contribution in [2.75, 3.05) is 19.7 Å². The van der Waals surface area contributed by atoms with Crippen LogP contribution in [-0.2, 0) is 87.5 Å². The quantitative estimate of drug-likeness (QED) is 0.0180. The SMILES string of the molecule is CC(=O)N[C@@H](Cc1cc(F)cc(F)c1)[C@H](O)CNC1(c2ccc(C(C)(C)C)cc2)CCCCC1.CC(C)(C)OC(=O)N[C@@H](Cc1cc(F)cc(F)c1)[C@@H]1CO1.CC(C)(C)OC(=O)N[C@@H](Cc1cc(F)cc(F)c1)[C@H](O)CNC1(c2ccc(C(C)(C)C)cc2)CCCCC1.CC(C)(C)S(=O)N=C1CCCCC1.CC(C)(C)c1ccc(C2(N)CCCCC2)cc1.CC(C)(C)c1ccc(I)cc1.Cl. The second-order valence-corrected chi connectivity index (χ2v) is 47.5. The van der Waals surface area contributed by atoms with Crippen molar-refractivity contribution < 1.29 is 69.4 Å². The number of alkyl carbamates (subject to hydrolysis) is 2. The average molecular weight is 2030 g/mol. The number of rotatable bonds is 22. The van der Waals surface area contributed by atoms with Crippen LogP contribution >= 0.6 is 35.0 Å². The van der Waals surface area contributed by atoms with E-state index in [1.807, 2.05) is 20.8 Å². The van der Waals surface area contributed by atoms with E-state index in [-0.39, 0.29) is 106 Å². The lowest BCUT2D eigenvalue weighted by molar-refractivity contribution is -0.120. The van der Waals surface area contributed by atoms with Crippen molar-refractivity contribution in [1.82, 2.24) is 26.6 Å². The Morgan fingerprint density at radius 1 is 0.444 bits per heavy atom. The number of aliphatic hydroxyl groups excluding tert-OH is 2. The average Bonchev–Trinajstić information content (AvgIpc) is 1.53. The molecule has 1 saturated heterocycles. The first-order valence-electron chi connectivity index (χ1n) is 48.3. The summed E-state index contributed by atoms with van der Waals surface area (Å²) >= 11 is 2.32. The van der Waals surface area contributed by atoms with Gasteiger partial charge in [0.25, 0.3) is 0 Å². The molecule has 750 valence electrons. The van der Waals surface area contributed by atoms with Gasteiger partial charge >= 0.3 is 12.2 Å². The summed E-state index contributed by atoms with van der Waals surface area (Å²) in [6, 6.07) is 43.1. The molecule has 4 saturated carbocycles. The molecule has 16 nitrogen and oxygen atoms in total. The smallest absolute Gasteiger partial charge is 0.407 e. The molecule has 0 bridgehead atoms. The zero-order valence-corrected chi connectivity index (χ0v) is 88.3. The summed E-state index contributed by atoms with van der Waals surface area (Å²) < 4.78 is 114. The topological polar surface area (TPSA) is 238 Å². The number of amides is 3. The predicted octanol–water partition coefficient (Wildman–Crippen LogP) is 25.4. The summed E-state index contributed by atoms with van der Waals surface area (Å²) in [6.07, 6.45) is 19.6. The van der Waals surface area contributed by atoms with Gasteiger partial charge in [0, 0.05) is 64.1 Å². The Bertz CT molecular complexity index is 4810. The van der Waals surface area contributed by atoms with Crippen molar-refractivity contribution in [3.05, 3.63) is 246 Å². The number of nitrogens with one attached hydrogen (secondary N) is 5. The van der Waals surface area contributed by atoms with Crippen molar-refractivity contribution >= 4 is 69.8 Å². The Kier molecular flexibility index (Phi) is 44.6. The highest BCUT2D eigenvalue weighted by molar-refractivity contribution is 14.1. The molecule has 3 amide bonds. The summed E-state index contributed by atoms with van der Waals surface area (Å²) in [4.78, 5) is 36.2.